The molecule has 104 valence electrons. The van der Waals surface area contributed by atoms with Gasteiger partial charge in [-0.1, -0.05) is 16.9 Å². The molecule has 0 amide bonds. The van der Waals surface area contributed by atoms with Crippen molar-refractivity contribution in [3.63, 3.8) is 0 Å². The molecular formula is C10H16N6O2S. The van der Waals surface area contributed by atoms with Gasteiger partial charge in [0.2, 0.25) is 5.16 Å². The zero-order valence-corrected chi connectivity index (χ0v) is 11.7. The molecule has 0 radical (unpaired) electrons. The maximum absolute atomic E-state index is 5.11. The molecule has 0 unspecified atom stereocenters. The monoisotopic (exact) mass is 284 g/mol. The van der Waals surface area contributed by atoms with Gasteiger partial charge in [-0.3, -0.25) is 0 Å². The van der Waals surface area contributed by atoms with E-state index in [0.717, 1.165) is 23.9 Å². The number of aromatic nitrogens is 5. The number of ether oxygens (including phenoxy) is 1. The number of likely N-dealkylation sites (N-methyl/N-ethyl adjacent to an activating group) is 1. The highest BCUT2D eigenvalue weighted by Gasteiger charge is 2.09. The molecule has 0 spiro atoms. The number of hydrogen-bond donors (Lipinski definition) is 1. The molecule has 9 heteroatoms. The van der Waals surface area contributed by atoms with Crippen LogP contribution < -0.4 is 5.32 Å². The molecule has 0 aromatic carbocycles. The van der Waals surface area contributed by atoms with E-state index < -0.39 is 0 Å². The highest BCUT2D eigenvalue weighted by molar-refractivity contribution is 7.98. The maximum Gasteiger partial charge on any atom is 0.209 e. The summed E-state index contributed by atoms with van der Waals surface area (Å²) in [6, 6.07) is 1.87. The summed E-state index contributed by atoms with van der Waals surface area (Å²) in [5.74, 6) is 1.38. The Morgan fingerprint density at radius 1 is 1.53 bits per heavy atom. The van der Waals surface area contributed by atoms with Crippen molar-refractivity contribution in [2.75, 3.05) is 20.7 Å². The van der Waals surface area contributed by atoms with Crippen molar-refractivity contribution in [2.45, 2.75) is 24.1 Å². The Hall–Kier alpha value is -1.45. The van der Waals surface area contributed by atoms with E-state index in [-0.39, 0.29) is 0 Å². The molecule has 0 aliphatic carbocycles. The molecule has 0 fully saturated rings. The number of nitrogens with zero attached hydrogens (tertiary/aromatic N) is 5. The third-order valence-corrected chi connectivity index (χ3v) is 3.31. The van der Waals surface area contributed by atoms with E-state index in [1.54, 1.807) is 11.8 Å². The van der Waals surface area contributed by atoms with E-state index in [4.69, 9.17) is 9.26 Å². The van der Waals surface area contributed by atoms with Crippen molar-refractivity contribution < 1.29 is 9.26 Å². The van der Waals surface area contributed by atoms with Crippen LogP contribution in [0.1, 0.15) is 11.5 Å². The Morgan fingerprint density at radius 2 is 2.42 bits per heavy atom. The van der Waals surface area contributed by atoms with Crippen LogP contribution in [0.4, 0.5) is 0 Å². The summed E-state index contributed by atoms with van der Waals surface area (Å²) >= 11 is 1.52. The van der Waals surface area contributed by atoms with E-state index in [9.17, 15) is 0 Å². The lowest BCUT2D eigenvalue weighted by Gasteiger charge is -2.02. The summed E-state index contributed by atoms with van der Waals surface area (Å²) in [5, 5.41) is 19.4. The lowest BCUT2D eigenvalue weighted by atomic mass is 10.4. The largest absolute Gasteiger partial charge is 0.377 e. The van der Waals surface area contributed by atoms with E-state index in [0.29, 0.717) is 18.1 Å². The normalized spacial score (nSPS) is 11.1. The number of hydrogen-bond acceptors (Lipinski definition) is 8. The fourth-order valence-electron chi connectivity index (χ4n) is 1.43. The molecule has 2 heterocycles. The predicted octanol–water partition coefficient (Wildman–Crippen LogP) is 0.319. The van der Waals surface area contributed by atoms with Crippen molar-refractivity contribution >= 4 is 11.8 Å². The van der Waals surface area contributed by atoms with Gasteiger partial charge < -0.3 is 14.6 Å². The van der Waals surface area contributed by atoms with E-state index in [1.807, 2.05) is 13.1 Å². The first kappa shape index (κ1) is 14.0. The van der Waals surface area contributed by atoms with Gasteiger partial charge in [-0.2, -0.15) is 0 Å². The molecule has 0 saturated heterocycles. The third kappa shape index (κ3) is 4.01. The highest BCUT2D eigenvalue weighted by Crippen LogP contribution is 2.19. The molecule has 2 aromatic rings. The van der Waals surface area contributed by atoms with Crippen molar-refractivity contribution in [2.24, 2.45) is 0 Å². The third-order valence-electron chi connectivity index (χ3n) is 2.32. The van der Waals surface area contributed by atoms with E-state index in [2.05, 4.69) is 26.0 Å². The molecule has 1 N–H and O–H groups in total. The van der Waals surface area contributed by atoms with Gasteiger partial charge >= 0.3 is 0 Å². The van der Waals surface area contributed by atoms with Crippen LogP contribution in [0.2, 0.25) is 0 Å². The Balaban J connectivity index is 1.88. The molecule has 0 aliphatic rings. The second kappa shape index (κ2) is 7.22. The van der Waals surface area contributed by atoms with Gasteiger partial charge in [-0.15, -0.1) is 5.10 Å². The minimum Gasteiger partial charge on any atom is -0.377 e. The molecule has 8 nitrogen and oxygen atoms in total. The van der Waals surface area contributed by atoms with E-state index >= 15 is 0 Å². The SMILES string of the molecule is CNCCn1nnnc1SCc1cc(COC)on1. The smallest absolute Gasteiger partial charge is 0.209 e. The first-order chi connectivity index (χ1) is 9.33. The molecule has 2 aromatic heterocycles. The Morgan fingerprint density at radius 3 is 3.21 bits per heavy atom. The zero-order valence-electron chi connectivity index (χ0n) is 10.9. The minimum absolute atomic E-state index is 0.428. The van der Waals surface area contributed by atoms with Crippen LogP contribution in [0.5, 0.6) is 0 Å². The van der Waals surface area contributed by atoms with Crippen molar-refractivity contribution in [1.29, 1.82) is 0 Å². The quantitative estimate of drug-likeness (QED) is 0.693. The van der Waals surface area contributed by atoms with E-state index in [1.165, 1.54) is 11.8 Å². The number of nitrogens with one attached hydrogen (secondary N) is 1. The molecule has 0 aliphatic heterocycles. The fraction of sp³-hybridized carbons (Fsp3) is 0.600. The predicted molar refractivity (Wildman–Crippen MR) is 68.5 cm³/mol. The highest BCUT2D eigenvalue weighted by atomic mass is 32.2. The Bertz CT molecular complexity index is 500. The summed E-state index contributed by atoms with van der Waals surface area (Å²) in [4.78, 5) is 0. The van der Waals surface area contributed by atoms with Crippen LogP contribution in [-0.4, -0.2) is 46.1 Å². The van der Waals surface area contributed by atoms with Gasteiger partial charge in [-0.05, 0) is 17.5 Å². The lowest BCUT2D eigenvalue weighted by molar-refractivity contribution is 0.156. The molecular weight excluding hydrogens is 268 g/mol. The second-order valence-corrected chi connectivity index (χ2v) is 4.74. The summed E-state index contributed by atoms with van der Waals surface area (Å²) in [7, 11) is 3.51. The van der Waals surface area contributed by atoms with Gasteiger partial charge in [-0.25, -0.2) is 4.68 Å². The lowest BCUT2D eigenvalue weighted by Crippen LogP contribution is -2.16. The van der Waals surface area contributed by atoms with Crippen LogP contribution in [0.25, 0.3) is 0 Å². The van der Waals surface area contributed by atoms with Crippen molar-refractivity contribution in [3.05, 3.63) is 17.5 Å². The van der Waals surface area contributed by atoms with Crippen molar-refractivity contribution in [3.8, 4) is 0 Å². The fourth-order valence-corrected chi connectivity index (χ4v) is 2.21. The van der Waals surface area contributed by atoms with Gasteiger partial charge in [0.1, 0.15) is 6.61 Å². The molecule has 0 saturated carbocycles. The topological polar surface area (TPSA) is 90.9 Å². The minimum atomic E-state index is 0.428. The zero-order chi connectivity index (χ0) is 13.5. The standard InChI is InChI=1S/C10H16N6O2S/c1-11-3-4-16-10(12-14-15-16)19-7-8-5-9(6-17-2)18-13-8/h5,11H,3-4,6-7H2,1-2H3. The first-order valence-electron chi connectivity index (χ1n) is 5.80. The first-order valence-corrected chi connectivity index (χ1v) is 6.79. The second-order valence-electron chi connectivity index (χ2n) is 3.79. The summed E-state index contributed by atoms with van der Waals surface area (Å²) in [5.41, 5.74) is 0.847. The number of methoxy groups -OCH3 is 1. The van der Waals surface area contributed by atoms with Gasteiger partial charge in [0.15, 0.2) is 5.76 Å². The van der Waals surface area contributed by atoms with Gasteiger partial charge in [0.25, 0.3) is 0 Å². The van der Waals surface area contributed by atoms with Gasteiger partial charge in [0.05, 0.1) is 12.2 Å². The summed E-state index contributed by atoms with van der Waals surface area (Å²) in [6.07, 6.45) is 0. The van der Waals surface area contributed by atoms with Crippen LogP contribution in [-0.2, 0) is 23.6 Å². The molecule has 19 heavy (non-hydrogen) atoms. The number of rotatable bonds is 8. The Labute approximate surface area is 114 Å². The average molecular weight is 284 g/mol. The van der Waals surface area contributed by atoms with Crippen LogP contribution in [0, 0.1) is 0 Å². The summed E-state index contributed by atoms with van der Waals surface area (Å²) in [6.45, 7) is 1.98. The molecule has 0 bridgehead atoms. The Kier molecular flexibility index (Phi) is 5.31. The van der Waals surface area contributed by atoms with Gasteiger partial charge in [0, 0.05) is 25.5 Å². The maximum atomic E-state index is 5.11. The average Bonchev–Trinajstić information content (AvgIpc) is 3.03. The van der Waals surface area contributed by atoms with Crippen LogP contribution >= 0.6 is 11.8 Å². The summed E-state index contributed by atoms with van der Waals surface area (Å²) < 4.78 is 11.8. The molecule has 2 rings (SSSR count). The number of thioether (sulfide) groups is 1. The molecule has 0 atom stereocenters. The van der Waals surface area contributed by atoms with Crippen molar-refractivity contribution in [1.82, 2.24) is 30.7 Å². The van der Waals surface area contributed by atoms with Crippen LogP contribution in [0.15, 0.2) is 15.7 Å². The van der Waals surface area contributed by atoms with Crippen LogP contribution in [0.3, 0.4) is 0 Å². The number of tetrazole rings is 1.